The molecule has 0 bridgehead atoms. The Balaban J connectivity index is 1.33. The van der Waals surface area contributed by atoms with Crippen LogP contribution < -0.4 is 21.6 Å². The van der Waals surface area contributed by atoms with Gasteiger partial charge in [0.05, 0.1) is 30.4 Å². The Kier molecular flexibility index (Phi) is 9.91. The number of phenolic OH excluding ortho intramolecular Hbond substituents is 2. The predicted octanol–water partition coefficient (Wildman–Crippen LogP) is 1.53. The van der Waals surface area contributed by atoms with Gasteiger partial charge in [0, 0.05) is 11.6 Å². The number of nitrogens with zero attached hydrogens (tertiary/aromatic N) is 2. The summed E-state index contributed by atoms with van der Waals surface area (Å²) in [4.78, 5) is 61.0. The Labute approximate surface area is 251 Å². The highest BCUT2D eigenvalue weighted by molar-refractivity contribution is 5.97. The maximum atomic E-state index is 12.6. The van der Waals surface area contributed by atoms with Gasteiger partial charge in [0.2, 0.25) is 11.8 Å². The maximum Gasteiger partial charge on any atom is 0.348 e. The number of carbonyl (C=O) groups excluding carboxylic acids is 4. The van der Waals surface area contributed by atoms with Crippen LogP contribution in [0.3, 0.4) is 0 Å². The highest BCUT2D eigenvalue weighted by atomic mass is 16.3. The normalized spacial score (nSPS) is 11.5. The number of aromatic amines is 1. The second kappa shape index (κ2) is 14.0. The molecule has 228 valence electrons. The molecule has 4 rings (SSSR count). The van der Waals surface area contributed by atoms with E-state index in [0.717, 1.165) is 5.56 Å². The summed E-state index contributed by atoms with van der Waals surface area (Å²) >= 11 is 0. The summed E-state index contributed by atoms with van der Waals surface area (Å²) in [6.07, 6.45) is 0.940. The van der Waals surface area contributed by atoms with Crippen LogP contribution in [-0.4, -0.2) is 68.1 Å². The third kappa shape index (κ3) is 7.56. The molecule has 0 saturated heterocycles. The Morgan fingerprint density at radius 2 is 1.61 bits per heavy atom. The van der Waals surface area contributed by atoms with Crippen molar-refractivity contribution in [1.82, 2.24) is 30.7 Å². The van der Waals surface area contributed by atoms with Crippen molar-refractivity contribution in [3.63, 3.8) is 0 Å². The summed E-state index contributed by atoms with van der Waals surface area (Å²) in [7, 11) is 0. The zero-order chi connectivity index (χ0) is 31.8. The number of hydrogen-bond donors (Lipinski definition) is 6. The lowest BCUT2D eigenvalue weighted by Gasteiger charge is -2.14. The third-order valence-corrected chi connectivity index (χ3v) is 6.73. The molecule has 1 aromatic heterocycles. The van der Waals surface area contributed by atoms with Crippen LogP contribution in [0, 0.1) is 0 Å². The summed E-state index contributed by atoms with van der Waals surface area (Å²) in [5.41, 5.74) is 1.61. The zero-order valence-corrected chi connectivity index (χ0v) is 24.0. The van der Waals surface area contributed by atoms with Crippen molar-refractivity contribution in [2.45, 2.75) is 32.2 Å². The van der Waals surface area contributed by atoms with Gasteiger partial charge in [0.15, 0.2) is 5.82 Å². The van der Waals surface area contributed by atoms with E-state index < -0.39 is 36.0 Å². The zero-order valence-electron chi connectivity index (χ0n) is 24.0. The highest BCUT2D eigenvalue weighted by Gasteiger charge is 2.20. The van der Waals surface area contributed by atoms with Crippen molar-refractivity contribution in [2.75, 3.05) is 13.1 Å². The summed E-state index contributed by atoms with van der Waals surface area (Å²) in [6, 6.07) is 17.1. The molecule has 1 unspecified atom stereocenters. The molecule has 13 nitrogen and oxygen atoms in total. The van der Waals surface area contributed by atoms with Crippen molar-refractivity contribution in [2.24, 2.45) is 0 Å². The average molecular weight is 601 g/mol. The first kappa shape index (κ1) is 31.2. The Hall–Kier alpha value is -5.72. The highest BCUT2D eigenvalue weighted by Crippen LogP contribution is 2.37. The third-order valence-electron chi connectivity index (χ3n) is 6.73. The number of aromatic hydroxyl groups is 2. The van der Waals surface area contributed by atoms with E-state index >= 15 is 0 Å². The van der Waals surface area contributed by atoms with Crippen LogP contribution in [0.25, 0.3) is 17.1 Å². The Bertz CT molecular complexity index is 1710. The number of H-pyrrole nitrogens is 1. The minimum atomic E-state index is -0.747. The number of aldehydes is 1. The van der Waals surface area contributed by atoms with Crippen molar-refractivity contribution in [3.8, 4) is 28.6 Å². The molecule has 0 fully saturated rings. The van der Waals surface area contributed by atoms with Crippen LogP contribution >= 0.6 is 0 Å². The fourth-order valence-corrected chi connectivity index (χ4v) is 4.48. The van der Waals surface area contributed by atoms with Crippen LogP contribution in [0.5, 0.6) is 11.5 Å². The lowest BCUT2D eigenvalue weighted by Crippen LogP contribution is -2.45. The molecule has 6 N–H and O–H groups in total. The second-order valence-electron chi connectivity index (χ2n) is 10.3. The fraction of sp³-hybridized carbons (Fsp3) is 0.226. The Morgan fingerprint density at radius 3 is 2.27 bits per heavy atom. The number of phenols is 2. The molecule has 4 aromatic rings. The first-order chi connectivity index (χ1) is 21.1. The van der Waals surface area contributed by atoms with Gasteiger partial charge in [0.1, 0.15) is 17.8 Å². The van der Waals surface area contributed by atoms with Gasteiger partial charge in [-0.1, -0.05) is 44.2 Å². The molecule has 1 atom stereocenters. The molecule has 0 saturated carbocycles. The molecular weight excluding hydrogens is 568 g/mol. The van der Waals surface area contributed by atoms with Crippen LogP contribution in [0.2, 0.25) is 0 Å². The first-order valence-electron chi connectivity index (χ1n) is 13.7. The molecule has 1 heterocycles. The van der Waals surface area contributed by atoms with Crippen molar-refractivity contribution in [3.05, 3.63) is 93.9 Å². The molecular formula is C31H32N6O7. The quantitative estimate of drug-likeness (QED) is 0.132. The lowest BCUT2D eigenvalue weighted by atomic mass is 9.98. The minimum absolute atomic E-state index is 0.0646. The number of carbonyl (C=O) groups is 4. The van der Waals surface area contributed by atoms with Gasteiger partial charge in [-0.25, -0.2) is 14.5 Å². The molecule has 3 aromatic carbocycles. The van der Waals surface area contributed by atoms with Gasteiger partial charge in [-0.2, -0.15) is 5.10 Å². The van der Waals surface area contributed by atoms with Crippen molar-refractivity contribution in [1.29, 1.82) is 0 Å². The van der Waals surface area contributed by atoms with Gasteiger partial charge in [0.25, 0.3) is 5.91 Å². The maximum absolute atomic E-state index is 12.6. The molecule has 0 radical (unpaired) electrons. The van der Waals surface area contributed by atoms with Gasteiger partial charge < -0.3 is 31.0 Å². The van der Waals surface area contributed by atoms with Crippen LogP contribution in [0.4, 0.5) is 0 Å². The van der Waals surface area contributed by atoms with Gasteiger partial charge in [-0.05, 0) is 53.8 Å². The molecule has 0 aliphatic heterocycles. The summed E-state index contributed by atoms with van der Waals surface area (Å²) < 4.78 is 1.21. The van der Waals surface area contributed by atoms with E-state index in [1.807, 2.05) is 44.2 Å². The van der Waals surface area contributed by atoms with E-state index in [-0.39, 0.29) is 40.9 Å². The SMILES string of the molecule is CC(C)c1cc(-c2n[nH]c(=O)n2-c2ccc(C(=O)NCC(=O)NCC(=O)NC(C=O)Cc3ccccc3)cc2)c(O)cc1O. The lowest BCUT2D eigenvalue weighted by molar-refractivity contribution is -0.126. The van der Waals surface area contributed by atoms with Crippen molar-refractivity contribution >= 4 is 24.0 Å². The monoisotopic (exact) mass is 600 g/mol. The van der Waals surface area contributed by atoms with Crippen LogP contribution in [0.1, 0.15) is 41.3 Å². The van der Waals surface area contributed by atoms with E-state index in [1.165, 1.54) is 34.9 Å². The summed E-state index contributed by atoms with van der Waals surface area (Å²) in [5.74, 6) is -2.05. The van der Waals surface area contributed by atoms with Crippen LogP contribution in [-0.2, 0) is 20.8 Å². The van der Waals surface area contributed by atoms with Gasteiger partial charge >= 0.3 is 5.69 Å². The summed E-state index contributed by atoms with van der Waals surface area (Å²) in [5, 5.41) is 34.4. The number of nitrogens with one attached hydrogen (secondary N) is 4. The topological polar surface area (TPSA) is 196 Å². The minimum Gasteiger partial charge on any atom is -0.508 e. The van der Waals surface area contributed by atoms with E-state index in [4.69, 9.17) is 0 Å². The average Bonchev–Trinajstić information content (AvgIpc) is 3.39. The standard InChI is InChI=1S/C31H32N6O7/c1-18(2)23-13-24(26(40)14-25(23)39)29-35-36-31(44)37(29)22-10-8-20(9-11-22)30(43)33-15-27(41)32-16-28(42)34-21(17-38)12-19-6-4-3-5-7-19/h3-11,13-14,17-18,21,39-40H,12,15-16H2,1-2H3,(H,32,41)(H,33,43)(H,34,42)(H,36,44). The molecule has 13 heteroatoms. The second-order valence-corrected chi connectivity index (χ2v) is 10.3. The molecule has 44 heavy (non-hydrogen) atoms. The fourth-order valence-electron chi connectivity index (χ4n) is 4.48. The number of rotatable bonds is 12. The van der Waals surface area contributed by atoms with E-state index in [2.05, 4.69) is 26.1 Å². The van der Waals surface area contributed by atoms with Crippen molar-refractivity contribution < 1.29 is 29.4 Å². The van der Waals surface area contributed by atoms with Gasteiger partial charge in [-0.3, -0.25) is 14.4 Å². The Morgan fingerprint density at radius 1 is 0.932 bits per heavy atom. The number of hydrogen-bond acceptors (Lipinski definition) is 8. The molecule has 0 spiro atoms. The number of amides is 3. The largest absolute Gasteiger partial charge is 0.508 e. The van der Waals surface area contributed by atoms with Gasteiger partial charge in [-0.15, -0.1) is 0 Å². The number of benzene rings is 3. The van der Waals surface area contributed by atoms with E-state index in [0.29, 0.717) is 24.0 Å². The molecule has 0 aliphatic rings. The molecule has 0 aliphatic carbocycles. The number of aromatic nitrogens is 3. The van der Waals surface area contributed by atoms with Crippen LogP contribution in [0.15, 0.2) is 71.5 Å². The predicted molar refractivity (Wildman–Crippen MR) is 161 cm³/mol. The van der Waals surface area contributed by atoms with E-state index in [9.17, 15) is 34.2 Å². The smallest absolute Gasteiger partial charge is 0.348 e. The van der Waals surface area contributed by atoms with E-state index in [1.54, 1.807) is 6.07 Å². The first-order valence-corrected chi connectivity index (χ1v) is 13.7. The molecule has 3 amide bonds. The summed E-state index contributed by atoms with van der Waals surface area (Å²) in [6.45, 7) is 2.96.